The number of amides is 2. The van der Waals surface area contributed by atoms with Crippen molar-refractivity contribution in [1.29, 1.82) is 0 Å². The van der Waals surface area contributed by atoms with Crippen molar-refractivity contribution in [3.8, 4) is 11.6 Å². The molecule has 2 rings (SSSR count). The predicted molar refractivity (Wildman–Crippen MR) is 83.9 cm³/mol. The van der Waals surface area contributed by atoms with Gasteiger partial charge < -0.3 is 10.8 Å². The van der Waals surface area contributed by atoms with Gasteiger partial charge in [0.05, 0.1) is 11.9 Å². The third kappa shape index (κ3) is 3.20. The van der Waals surface area contributed by atoms with Crippen molar-refractivity contribution in [2.45, 2.75) is 6.92 Å². The molecule has 2 amide bonds. The summed E-state index contributed by atoms with van der Waals surface area (Å²) in [5, 5.41) is 13.7. The summed E-state index contributed by atoms with van der Waals surface area (Å²) in [6.45, 7) is 1.92. The van der Waals surface area contributed by atoms with E-state index in [1.165, 1.54) is 4.57 Å². The van der Waals surface area contributed by atoms with Crippen LogP contribution in [0.5, 0.6) is 5.88 Å². The van der Waals surface area contributed by atoms with Crippen molar-refractivity contribution in [1.82, 2.24) is 15.0 Å². The molecule has 114 valence electrons. The Bertz CT molecular complexity index is 851. The number of primary amides is 1. The molecule has 5 N–H and O–H groups in total. The first-order valence-corrected chi connectivity index (χ1v) is 6.55. The molecule has 1 heterocycles. The summed E-state index contributed by atoms with van der Waals surface area (Å²) < 4.78 is 1.31. The number of benzene rings is 1. The van der Waals surface area contributed by atoms with E-state index in [1.807, 2.05) is 24.5 Å². The van der Waals surface area contributed by atoms with Gasteiger partial charge in [-0.05, 0) is 31.3 Å². The van der Waals surface area contributed by atoms with E-state index in [2.05, 4.69) is 10.1 Å². The first-order chi connectivity index (χ1) is 10.4. The summed E-state index contributed by atoms with van der Waals surface area (Å²) in [7, 11) is 0. The van der Waals surface area contributed by atoms with E-state index in [9.17, 15) is 14.7 Å². The number of rotatable bonds is 3. The minimum atomic E-state index is -0.890. The number of H-pyrrole nitrogens is 1. The number of urea groups is 1. The Balaban J connectivity index is 2.58. The molecule has 0 unspecified atom stereocenters. The number of aryl methyl sites for hydroxylation is 1. The number of nitrogens with two attached hydrogens (primary N) is 1. The Labute approximate surface area is 129 Å². The zero-order valence-corrected chi connectivity index (χ0v) is 12.3. The van der Waals surface area contributed by atoms with Gasteiger partial charge in [-0.1, -0.05) is 17.7 Å². The van der Waals surface area contributed by atoms with E-state index < -0.39 is 17.5 Å². The average Bonchev–Trinajstić information content (AvgIpc) is 2.44. The second kappa shape index (κ2) is 6.22. The minimum Gasteiger partial charge on any atom is -0.494 e. The molecule has 0 aliphatic carbocycles. The topological polar surface area (TPSA) is 125 Å². The van der Waals surface area contributed by atoms with Crippen molar-refractivity contribution in [3.05, 3.63) is 50.5 Å². The zero-order valence-electron chi connectivity index (χ0n) is 11.5. The van der Waals surface area contributed by atoms with Crippen LogP contribution in [0.4, 0.5) is 4.79 Å². The monoisotopic (exact) mass is 319 g/mol. The Hall–Kier alpha value is -2.94. The maximum absolute atomic E-state index is 11.8. The van der Waals surface area contributed by atoms with Crippen molar-refractivity contribution >= 4 is 24.5 Å². The Morgan fingerprint density at radius 2 is 2.09 bits per heavy atom. The van der Waals surface area contributed by atoms with E-state index in [0.717, 1.165) is 11.8 Å². The average molecular weight is 319 g/mol. The summed E-state index contributed by atoms with van der Waals surface area (Å²) in [5.74, 6) is -0.396. The maximum atomic E-state index is 11.8. The van der Waals surface area contributed by atoms with Crippen molar-refractivity contribution in [3.63, 3.8) is 0 Å². The van der Waals surface area contributed by atoms with Gasteiger partial charge in [-0.2, -0.15) is 5.10 Å². The second-order valence-corrected chi connectivity index (χ2v) is 4.79. The summed E-state index contributed by atoms with van der Waals surface area (Å²) in [4.78, 5) is 24.8. The molecule has 0 bridgehead atoms. The Morgan fingerprint density at radius 3 is 2.68 bits per heavy atom. The number of aromatic hydroxyl groups is 1. The standard InChI is InChI=1S/C13H13N5O3S/c1-7-2-4-8(5-3-7)18-11(20)9(6-15-17-12(14)21)10(19)16-13(18)22/h2-6,20H,1H3,(H3,14,17,21)(H,16,19,22)/b15-6+. The normalized spacial score (nSPS) is 10.8. The minimum absolute atomic E-state index is 0.0337. The van der Waals surface area contributed by atoms with Crippen LogP contribution in [-0.2, 0) is 0 Å². The fourth-order valence-electron chi connectivity index (χ4n) is 1.75. The highest BCUT2D eigenvalue weighted by atomic mass is 32.1. The molecule has 1 aromatic heterocycles. The first kappa shape index (κ1) is 15.4. The molecule has 0 fully saturated rings. The van der Waals surface area contributed by atoms with Crippen LogP contribution in [0, 0.1) is 11.7 Å². The molecule has 9 heteroatoms. The molecule has 22 heavy (non-hydrogen) atoms. The van der Waals surface area contributed by atoms with Gasteiger partial charge in [0.15, 0.2) is 4.77 Å². The number of aromatic nitrogens is 2. The second-order valence-electron chi connectivity index (χ2n) is 4.40. The fraction of sp³-hybridized carbons (Fsp3) is 0.0769. The smallest absolute Gasteiger partial charge is 0.332 e. The van der Waals surface area contributed by atoms with E-state index in [-0.39, 0.29) is 10.3 Å². The van der Waals surface area contributed by atoms with E-state index in [1.54, 1.807) is 12.1 Å². The van der Waals surface area contributed by atoms with Crippen LogP contribution in [0.15, 0.2) is 34.2 Å². The highest BCUT2D eigenvalue weighted by Crippen LogP contribution is 2.18. The van der Waals surface area contributed by atoms with Crippen LogP contribution in [0.1, 0.15) is 11.1 Å². The Kier molecular flexibility index (Phi) is 4.37. The van der Waals surface area contributed by atoms with E-state index in [4.69, 9.17) is 18.0 Å². The number of aromatic amines is 1. The van der Waals surface area contributed by atoms with Crippen molar-refractivity contribution in [2.75, 3.05) is 0 Å². The summed E-state index contributed by atoms with van der Waals surface area (Å²) in [6, 6.07) is 6.27. The maximum Gasteiger partial charge on any atom is 0.332 e. The lowest BCUT2D eigenvalue weighted by Gasteiger charge is -2.11. The highest BCUT2D eigenvalue weighted by Gasteiger charge is 2.12. The van der Waals surface area contributed by atoms with Gasteiger partial charge in [-0.15, -0.1) is 0 Å². The zero-order chi connectivity index (χ0) is 16.3. The quantitative estimate of drug-likeness (QED) is 0.381. The number of carbonyl (C=O) groups excluding carboxylic acids is 1. The number of hydrogen-bond acceptors (Lipinski definition) is 5. The number of nitrogens with zero attached hydrogens (tertiary/aromatic N) is 2. The molecule has 0 aliphatic rings. The fourth-order valence-corrected chi connectivity index (χ4v) is 2.03. The Morgan fingerprint density at radius 1 is 1.45 bits per heavy atom. The van der Waals surface area contributed by atoms with Crippen molar-refractivity contribution in [2.24, 2.45) is 10.8 Å². The molecular weight excluding hydrogens is 306 g/mol. The third-order valence-corrected chi connectivity index (χ3v) is 3.07. The van der Waals surface area contributed by atoms with Crippen LogP contribution in [0.2, 0.25) is 0 Å². The highest BCUT2D eigenvalue weighted by molar-refractivity contribution is 7.71. The molecular formula is C13H13N5O3S. The summed E-state index contributed by atoms with van der Waals surface area (Å²) in [5.41, 5.74) is 7.60. The van der Waals surface area contributed by atoms with Gasteiger partial charge in [-0.25, -0.2) is 10.2 Å². The molecule has 8 nitrogen and oxygen atoms in total. The third-order valence-electron chi connectivity index (χ3n) is 2.78. The van der Waals surface area contributed by atoms with Crippen molar-refractivity contribution < 1.29 is 9.90 Å². The molecule has 0 spiro atoms. The van der Waals surface area contributed by atoms with Gasteiger partial charge in [0, 0.05) is 0 Å². The van der Waals surface area contributed by atoms with Gasteiger partial charge in [0.25, 0.3) is 5.56 Å². The molecule has 2 aromatic rings. The molecule has 0 atom stereocenters. The van der Waals surface area contributed by atoms with Crippen LogP contribution >= 0.6 is 12.2 Å². The van der Waals surface area contributed by atoms with Crippen LogP contribution in [0.25, 0.3) is 5.69 Å². The van der Waals surface area contributed by atoms with Gasteiger partial charge in [0.1, 0.15) is 5.56 Å². The number of hydrazone groups is 1. The SMILES string of the molecule is Cc1ccc(-n2c(O)c(/C=N/NC(N)=O)c(=O)[nH]c2=S)cc1. The summed E-state index contributed by atoms with van der Waals surface area (Å²) >= 11 is 5.07. The van der Waals surface area contributed by atoms with Gasteiger partial charge in [0.2, 0.25) is 5.88 Å². The lowest BCUT2D eigenvalue weighted by Crippen LogP contribution is -2.25. The molecule has 0 aliphatic heterocycles. The van der Waals surface area contributed by atoms with E-state index in [0.29, 0.717) is 5.69 Å². The number of carbonyl (C=O) groups is 1. The molecule has 1 aromatic carbocycles. The van der Waals surface area contributed by atoms with Gasteiger partial charge >= 0.3 is 6.03 Å². The summed E-state index contributed by atoms with van der Waals surface area (Å²) in [6.07, 6.45) is 0.985. The lowest BCUT2D eigenvalue weighted by atomic mass is 10.2. The largest absolute Gasteiger partial charge is 0.494 e. The predicted octanol–water partition coefficient (Wildman–Crippen LogP) is 0.911. The molecule has 0 radical (unpaired) electrons. The number of hydrogen-bond donors (Lipinski definition) is 4. The molecule has 0 saturated heterocycles. The lowest BCUT2D eigenvalue weighted by molar-refractivity contribution is 0.249. The van der Waals surface area contributed by atoms with Gasteiger partial charge in [-0.3, -0.25) is 14.3 Å². The van der Waals surface area contributed by atoms with Crippen LogP contribution in [0.3, 0.4) is 0 Å². The van der Waals surface area contributed by atoms with E-state index >= 15 is 0 Å². The van der Waals surface area contributed by atoms with Crippen LogP contribution < -0.4 is 16.7 Å². The number of nitrogens with one attached hydrogen (secondary N) is 2. The molecule has 0 saturated carbocycles. The first-order valence-electron chi connectivity index (χ1n) is 6.14. The van der Waals surface area contributed by atoms with Crippen LogP contribution in [-0.4, -0.2) is 26.9 Å².